The predicted molar refractivity (Wildman–Crippen MR) is 153 cm³/mol. The van der Waals surface area contributed by atoms with Gasteiger partial charge in [-0.15, -0.1) is 0 Å². The average molecular weight is 583 g/mol. The number of nitrogens with zero attached hydrogens (tertiary/aromatic N) is 1. The molecule has 42 heavy (non-hydrogen) atoms. The van der Waals surface area contributed by atoms with E-state index in [4.69, 9.17) is 9.90 Å². The van der Waals surface area contributed by atoms with E-state index in [9.17, 15) is 22.8 Å². The van der Waals surface area contributed by atoms with Crippen molar-refractivity contribution in [2.45, 2.75) is 38.0 Å². The minimum Gasteiger partial charge on any atom is -0.475 e. The fraction of sp³-hybridized carbons (Fsp3) is 0.323. The van der Waals surface area contributed by atoms with Gasteiger partial charge in [-0.3, -0.25) is 9.59 Å². The second kappa shape index (κ2) is 13.5. The number of carboxylic acid groups (broad SMARTS) is 1. The molecule has 3 aromatic rings. The molecule has 2 unspecified atom stereocenters. The summed E-state index contributed by atoms with van der Waals surface area (Å²) in [6.07, 6.45) is -3.35. The van der Waals surface area contributed by atoms with Crippen molar-refractivity contribution >= 4 is 23.5 Å². The molecule has 222 valence electrons. The van der Waals surface area contributed by atoms with Gasteiger partial charge in [0.2, 0.25) is 0 Å². The van der Waals surface area contributed by atoms with Gasteiger partial charge >= 0.3 is 12.1 Å². The van der Waals surface area contributed by atoms with E-state index in [1.54, 1.807) is 0 Å². The fourth-order valence-electron chi connectivity index (χ4n) is 4.99. The van der Waals surface area contributed by atoms with Crippen molar-refractivity contribution in [2.24, 2.45) is 0 Å². The highest BCUT2D eigenvalue weighted by Gasteiger charge is 2.38. The largest absolute Gasteiger partial charge is 0.490 e. The number of piperazine rings is 1. The number of benzene rings is 3. The van der Waals surface area contributed by atoms with Crippen LogP contribution in [0.5, 0.6) is 0 Å². The molecule has 1 aliphatic heterocycles. The number of alkyl halides is 3. The molecule has 5 rings (SSSR count). The van der Waals surface area contributed by atoms with E-state index in [0.717, 1.165) is 55.8 Å². The molecule has 2 amide bonds. The molecule has 1 fully saturated rings. The van der Waals surface area contributed by atoms with Gasteiger partial charge in [0, 0.05) is 43.0 Å². The molecule has 0 spiro atoms. The summed E-state index contributed by atoms with van der Waals surface area (Å²) in [5.74, 6) is -2.95. The maximum Gasteiger partial charge on any atom is 0.490 e. The Bertz CT molecular complexity index is 1390. The topological polar surface area (TPSA) is 111 Å². The summed E-state index contributed by atoms with van der Waals surface area (Å²) in [6, 6.07) is 23.4. The minimum absolute atomic E-state index is 0.0812. The number of hydrogen-bond donors (Lipinski definition) is 4. The Kier molecular flexibility index (Phi) is 9.84. The van der Waals surface area contributed by atoms with Crippen LogP contribution >= 0.6 is 0 Å². The summed E-state index contributed by atoms with van der Waals surface area (Å²) in [4.78, 5) is 37.2. The maximum atomic E-state index is 13.0. The van der Waals surface area contributed by atoms with Gasteiger partial charge in [-0.25, -0.2) is 4.79 Å². The molecule has 4 N–H and O–H groups in total. The number of aliphatic carboxylic acids is 1. The summed E-state index contributed by atoms with van der Waals surface area (Å²) >= 11 is 0. The monoisotopic (exact) mass is 582 g/mol. The molecule has 2 atom stereocenters. The number of carbonyl (C=O) groups is 3. The number of rotatable bonds is 6. The highest BCUT2D eigenvalue weighted by atomic mass is 19.4. The third-order valence-electron chi connectivity index (χ3n) is 7.29. The number of nitrogens with one attached hydrogen (secondary N) is 3. The third kappa shape index (κ3) is 7.88. The van der Waals surface area contributed by atoms with Crippen LogP contribution in [-0.2, 0) is 11.2 Å². The molecule has 1 aliphatic carbocycles. The Morgan fingerprint density at radius 2 is 1.55 bits per heavy atom. The van der Waals surface area contributed by atoms with Crippen LogP contribution in [0.3, 0.4) is 0 Å². The zero-order valence-electron chi connectivity index (χ0n) is 23.1. The van der Waals surface area contributed by atoms with Crippen LogP contribution in [-0.4, -0.2) is 55.2 Å². The Hall–Kier alpha value is -4.38. The van der Waals surface area contributed by atoms with E-state index in [0.29, 0.717) is 11.1 Å². The molecule has 3 aromatic carbocycles. The first-order valence-electron chi connectivity index (χ1n) is 13.7. The van der Waals surface area contributed by atoms with Crippen molar-refractivity contribution in [1.29, 1.82) is 0 Å². The van der Waals surface area contributed by atoms with Crippen molar-refractivity contribution < 1.29 is 32.7 Å². The second-order valence-electron chi connectivity index (χ2n) is 10.2. The lowest BCUT2D eigenvalue weighted by Crippen LogP contribution is -2.43. The Balaban J connectivity index is 0.000000517. The molecule has 0 aromatic heterocycles. The van der Waals surface area contributed by atoms with Crippen LogP contribution in [0.4, 0.5) is 18.9 Å². The van der Waals surface area contributed by atoms with Crippen molar-refractivity contribution in [3.05, 3.63) is 101 Å². The second-order valence-corrected chi connectivity index (χ2v) is 10.2. The number of aryl methyl sites for hydroxylation is 1. The van der Waals surface area contributed by atoms with Crippen LogP contribution < -0.4 is 20.9 Å². The first-order valence-corrected chi connectivity index (χ1v) is 13.7. The van der Waals surface area contributed by atoms with Crippen LogP contribution in [0.1, 0.15) is 62.8 Å². The predicted octanol–water partition coefficient (Wildman–Crippen LogP) is 4.64. The minimum atomic E-state index is -5.08. The number of fused-ring (bicyclic) bond motifs is 1. The summed E-state index contributed by atoms with van der Waals surface area (Å²) in [6.45, 7) is 5.90. The van der Waals surface area contributed by atoms with E-state index in [1.807, 2.05) is 79.7 Å². The number of carboxylic acids is 1. The SMILES string of the molecule is CC(NC(=O)c1ccc2c(c1)C(NC(=O)c1ccc(N3CCNCC3)cc1)CC2)c1ccccc1.O=C(O)C(F)(F)F. The molecule has 0 saturated carbocycles. The summed E-state index contributed by atoms with van der Waals surface area (Å²) in [5.41, 5.74) is 5.72. The van der Waals surface area contributed by atoms with Crippen molar-refractivity contribution in [2.75, 3.05) is 31.1 Å². The molecule has 2 aliphatic rings. The molecule has 0 radical (unpaired) electrons. The number of amides is 2. The highest BCUT2D eigenvalue weighted by Crippen LogP contribution is 2.32. The molecule has 11 heteroatoms. The molecule has 0 bridgehead atoms. The van der Waals surface area contributed by atoms with Gasteiger partial charge in [0.15, 0.2) is 0 Å². The van der Waals surface area contributed by atoms with Crippen LogP contribution in [0.15, 0.2) is 72.8 Å². The first-order chi connectivity index (χ1) is 20.0. The van der Waals surface area contributed by atoms with Gasteiger partial charge in [-0.2, -0.15) is 13.2 Å². The van der Waals surface area contributed by atoms with E-state index in [1.165, 1.54) is 5.56 Å². The van der Waals surface area contributed by atoms with Crippen molar-refractivity contribution in [3.63, 3.8) is 0 Å². The lowest BCUT2D eigenvalue weighted by Gasteiger charge is -2.29. The van der Waals surface area contributed by atoms with Gasteiger partial charge in [-0.05, 0) is 72.9 Å². The van der Waals surface area contributed by atoms with Crippen LogP contribution in [0, 0.1) is 0 Å². The molecular weight excluding hydrogens is 549 g/mol. The van der Waals surface area contributed by atoms with Gasteiger partial charge in [0.1, 0.15) is 0 Å². The number of hydrogen-bond acceptors (Lipinski definition) is 5. The highest BCUT2D eigenvalue weighted by molar-refractivity contribution is 5.96. The normalized spacial score (nSPS) is 16.9. The van der Waals surface area contributed by atoms with Gasteiger partial charge < -0.3 is 26.0 Å². The molecule has 1 heterocycles. The van der Waals surface area contributed by atoms with Gasteiger partial charge in [0.05, 0.1) is 12.1 Å². The van der Waals surface area contributed by atoms with E-state index < -0.39 is 12.1 Å². The smallest absolute Gasteiger partial charge is 0.475 e. The number of anilines is 1. The quantitative estimate of drug-likeness (QED) is 0.337. The standard InChI is InChI=1S/C29H32N4O2.C2HF3O2/c1-20(21-5-3-2-4-6-21)31-29(35)24-8-7-22-11-14-27(26(22)19-24)32-28(34)23-9-12-25(13-10-23)33-17-15-30-16-18-33;3-2(4,5)1(6)7/h2-10,12-13,19-20,27,30H,11,14-18H2,1H3,(H,31,35)(H,32,34);(H,6,7). The van der Waals surface area contributed by atoms with E-state index in [-0.39, 0.29) is 23.9 Å². The van der Waals surface area contributed by atoms with Gasteiger partial charge in [-0.1, -0.05) is 36.4 Å². The first kappa shape index (κ1) is 30.6. The lowest BCUT2D eigenvalue weighted by molar-refractivity contribution is -0.192. The number of halogens is 3. The van der Waals surface area contributed by atoms with Crippen molar-refractivity contribution in [1.82, 2.24) is 16.0 Å². The van der Waals surface area contributed by atoms with E-state index in [2.05, 4.69) is 20.9 Å². The van der Waals surface area contributed by atoms with Crippen LogP contribution in [0.2, 0.25) is 0 Å². The Labute approximate surface area is 241 Å². The summed E-state index contributed by atoms with van der Waals surface area (Å²) < 4.78 is 31.7. The third-order valence-corrected chi connectivity index (χ3v) is 7.29. The van der Waals surface area contributed by atoms with E-state index >= 15 is 0 Å². The zero-order chi connectivity index (χ0) is 30.3. The lowest BCUT2D eigenvalue weighted by atomic mass is 10.0. The number of carbonyl (C=O) groups excluding carboxylic acids is 2. The molecule has 8 nitrogen and oxygen atoms in total. The zero-order valence-corrected chi connectivity index (χ0v) is 23.1. The Morgan fingerprint density at radius 1 is 0.929 bits per heavy atom. The van der Waals surface area contributed by atoms with Crippen molar-refractivity contribution in [3.8, 4) is 0 Å². The van der Waals surface area contributed by atoms with Gasteiger partial charge in [0.25, 0.3) is 11.8 Å². The maximum absolute atomic E-state index is 13.0. The molecular formula is C31H33F3N4O4. The molecule has 1 saturated heterocycles. The fourth-order valence-corrected chi connectivity index (χ4v) is 4.99. The summed E-state index contributed by atoms with van der Waals surface area (Å²) in [5, 5.41) is 16.8. The summed E-state index contributed by atoms with van der Waals surface area (Å²) in [7, 11) is 0. The Morgan fingerprint density at radius 3 is 2.17 bits per heavy atom. The van der Waals surface area contributed by atoms with Crippen LogP contribution in [0.25, 0.3) is 0 Å². The average Bonchev–Trinajstić information content (AvgIpc) is 3.39.